The Labute approximate surface area is 108 Å². The van der Waals surface area contributed by atoms with Gasteiger partial charge in [0.25, 0.3) is 5.56 Å². The molecule has 1 aliphatic rings. The van der Waals surface area contributed by atoms with E-state index in [1.165, 1.54) is 6.33 Å². The monoisotopic (exact) mass is 265 g/mol. The molecule has 3 heterocycles. The number of aromatic amines is 1. The van der Waals surface area contributed by atoms with E-state index in [-0.39, 0.29) is 29.4 Å². The van der Waals surface area contributed by atoms with Gasteiger partial charge in [-0.2, -0.15) is 4.98 Å². The highest BCUT2D eigenvalue weighted by Gasteiger charge is 2.34. The third-order valence-corrected chi connectivity index (χ3v) is 3.37. The number of anilines is 1. The van der Waals surface area contributed by atoms with E-state index in [1.54, 1.807) is 4.57 Å². The highest BCUT2D eigenvalue weighted by Crippen LogP contribution is 2.31. The SMILES string of the molecule is CC[C@H]1O[C@H](n2cnc3c(=O)[nH]c(N)nc32)C[C@H]1O. The van der Waals surface area contributed by atoms with Crippen LogP contribution < -0.4 is 11.3 Å². The summed E-state index contributed by atoms with van der Waals surface area (Å²) in [6.45, 7) is 1.95. The van der Waals surface area contributed by atoms with Crippen molar-refractivity contribution < 1.29 is 9.84 Å². The molecule has 19 heavy (non-hydrogen) atoms. The number of nitrogens with zero attached hydrogens (tertiary/aromatic N) is 3. The average Bonchev–Trinajstić information content (AvgIpc) is 2.92. The van der Waals surface area contributed by atoms with Crippen LogP contribution in [0.25, 0.3) is 11.2 Å². The maximum atomic E-state index is 11.7. The Hall–Kier alpha value is -1.93. The largest absolute Gasteiger partial charge is 0.390 e. The van der Waals surface area contributed by atoms with Gasteiger partial charge in [-0.3, -0.25) is 14.3 Å². The van der Waals surface area contributed by atoms with Gasteiger partial charge in [0.2, 0.25) is 5.95 Å². The molecule has 0 bridgehead atoms. The lowest BCUT2D eigenvalue weighted by atomic mass is 10.1. The molecule has 2 aromatic heterocycles. The average molecular weight is 265 g/mol. The van der Waals surface area contributed by atoms with E-state index >= 15 is 0 Å². The highest BCUT2D eigenvalue weighted by molar-refractivity contribution is 5.70. The number of hydrogen-bond acceptors (Lipinski definition) is 6. The normalized spacial score (nSPS) is 27.2. The number of nitrogens with one attached hydrogen (secondary N) is 1. The molecule has 1 aliphatic heterocycles. The van der Waals surface area contributed by atoms with Crippen LogP contribution in [-0.2, 0) is 4.74 Å². The van der Waals surface area contributed by atoms with Crippen molar-refractivity contribution in [1.29, 1.82) is 0 Å². The molecule has 0 aliphatic carbocycles. The maximum absolute atomic E-state index is 11.7. The maximum Gasteiger partial charge on any atom is 0.280 e. The van der Waals surface area contributed by atoms with Crippen molar-refractivity contribution in [2.75, 3.05) is 5.73 Å². The quantitative estimate of drug-likeness (QED) is 0.689. The number of hydrogen-bond donors (Lipinski definition) is 3. The molecule has 0 unspecified atom stereocenters. The van der Waals surface area contributed by atoms with Crippen molar-refractivity contribution in [2.45, 2.75) is 38.2 Å². The van der Waals surface area contributed by atoms with E-state index in [0.29, 0.717) is 12.1 Å². The molecular formula is C11H15N5O3. The predicted octanol–water partition coefficient (Wildman–Crippen LogP) is -0.240. The fourth-order valence-corrected chi connectivity index (χ4v) is 2.41. The Balaban J connectivity index is 2.05. The third-order valence-electron chi connectivity index (χ3n) is 3.37. The minimum Gasteiger partial charge on any atom is -0.390 e. The zero-order chi connectivity index (χ0) is 13.6. The number of aliphatic hydroxyl groups excluding tert-OH is 1. The molecule has 2 aromatic rings. The van der Waals surface area contributed by atoms with Crippen molar-refractivity contribution in [3.05, 3.63) is 16.7 Å². The minimum atomic E-state index is -0.521. The van der Waals surface area contributed by atoms with Gasteiger partial charge in [-0.15, -0.1) is 0 Å². The number of H-pyrrole nitrogens is 1. The lowest BCUT2D eigenvalue weighted by Gasteiger charge is -2.13. The molecule has 0 radical (unpaired) electrons. The van der Waals surface area contributed by atoms with Crippen molar-refractivity contribution in [3.63, 3.8) is 0 Å². The first kappa shape index (κ1) is 12.1. The van der Waals surface area contributed by atoms with Crippen molar-refractivity contribution >= 4 is 17.1 Å². The summed E-state index contributed by atoms with van der Waals surface area (Å²) in [7, 11) is 0. The second-order valence-electron chi connectivity index (χ2n) is 4.62. The van der Waals surface area contributed by atoms with Crippen LogP contribution in [0.2, 0.25) is 0 Å². The number of imidazole rings is 1. The minimum absolute atomic E-state index is 0.0323. The topological polar surface area (TPSA) is 119 Å². The van der Waals surface area contributed by atoms with Gasteiger partial charge in [-0.05, 0) is 6.42 Å². The van der Waals surface area contributed by atoms with E-state index in [1.807, 2.05) is 6.92 Å². The van der Waals surface area contributed by atoms with Crippen LogP contribution in [0.5, 0.6) is 0 Å². The molecule has 0 saturated carbocycles. The summed E-state index contributed by atoms with van der Waals surface area (Å²) in [6.07, 6.45) is 1.55. The van der Waals surface area contributed by atoms with Gasteiger partial charge in [0, 0.05) is 6.42 Å². The van der Waals surface area contributed by atoms with Crippen LogP contribution in [0.1, 0.15) is 26.0 Å². The summed E-state index contributed by atoms with van der Waals surface area (Å²) in [4.78, 5) is 22.2. The Morgan fingerprint density at radius 1 is 1.68 bits per heavy atom. The fraction of sp³-hybridized carbons (Fsp3) is 0.545. The van der Waals surface area contributed by atoms with Crippen molar-refractivity contribution in [3.8, 4) is 0 Å². The Morgan fingerprint density at radius 2 is 2.47 bits per heavy atom. The molecule has 1 fully saturated rings. The van der Waals surface area contributed by atoms with E-state index in [2.05, 4.69) is 15.0 Å². The van der Waals surface area contributed by atoms with Gasteiger partial charge < -0.3 is 15.6 Å². The zero-order valence-corrected chi connectivity index (χ0v) is 10.4. The molecule has 8 nitrogen and oxygen atoms in total. The fourth-order valence-electron chi connectivity index (χ4n) is 2.41. The number of nitrogens with two attached hydrogens (primary N) is 1. The van der Waals surface area contributed by atoms with Gasteiger partial charge in [0.15, 0.2) is 11.2 Å². The van der Waals surface area contributed by atoms with Crippen LogP contribution in [0.4, 0.5) is 5.95 Å². The number of aromatic nitrogens is 4. The first-order valence-corrected chi connectivity index (χ1v) is 6.16. The molecule has 3 atom stereocenters. The molecule has 1 saturated heterocycles. The zero-order valence-electron chi connectivity index (χ0n) is 10.4. The smallest absolute Gasteiger partial charge is 0.280 e. The lowest BCUT2D eigenvalue weighted by molar-refractivity contribution is -0.0183. The number of fused-ring (bicyclic) bond motifs is 1. The standard InChI is InChI=1S/C11H15N5O3/c1-2-6-5(17)3-7(19-6)16-4-13-8-9(16)14-11(12)15-10(8)18/h4-7,17H,2-3H2,1H3,(H3,12,14,15,18)/t5-,6-,7+/m1/s1. The molecule has 0 amide bonds. The molecule has 3 rings (SSSR count). The van der Waals surface area contributed by atoms with E-state index in [0.717, 1.165) is 6.42 Å². The summed E-state index contributed by atoms with van der Waals surface area (Å²) in [5.74, 6) is 0.0323. The Bertz CT molecular complexity index is 664. The van der Waals surface area contributed by atoms with Crippen LogP contribution in [0, 0.1) is 0 Å². The van der Waals surface area contributed by atoms with Gasteiger partial charge in [-0.1, -0.05) is 6.92 Å². The van der Waals surface area contributed by atoms with Gasteiger partial charge in [0.1, 0.15) is 6.23 Å². The summed E-state index contributed by atoms with van der Waals surface area (Å²) in [5, 5.41) is 9.87. The molecule has 102 valence electrons. The second kappa shape index (κ2) is 4.32. The summed E-state index contributed by atoms with van der Waals surface area (Å²) in [5.41, 5.74) is 5.74. The predicted molar refractivity (Wildman–Crippen MR) is 67.4 cm³/mol. The number of nitrogen functional groups attached to an aromatic ring is 1. The molecular weight excluding hydrogens is 250 g/mol. The van der Waals surface area contributed by atoms with Crippen LogP contribution in [-0.4, -0.2) is 36.8 Å². The van der Waals surface area contributed by atoms with Gasteiger partial charge >= 0.3 is 0 Å². The lowest BCUT2D eigenvalue weighted by Crippen LogP contribution is -2.19. The van der Waals surface area contributed by atoms with Crippen LogP contribution in [0.3, 0.4) is 0 Å². The number of aliphatic hydroxyl groups is 1. The van der Waals surface area contributed by atoms with Gasteiger partial charge in [-0.25, -0.2) is 4.98 Å². The van der Waals surface area contributed by atoms with E-state index < -0.39 is 6.10 Å². The Morgan fingerprint density at radius 3 is 3.16 bits per heavy atom. The first-order valence-electron chi connectivity index (χ1n) is 6.16. The second-order valence-corrected chi connectivity index (χ2v) is 4.62. The number of rotatable bonds is 2. The summed E-state index contributed by atoms with van der Waals surface area (Å²) >= 11 is 0. The number of ether oxygens (including phenoxy) is 1. The summed E-state index contributed by atoms with van der Waals surface area (Å²) in [6, 6.07) is 0. The third kappa shape index (κ3) is 1.89. The van der Waals surface area contributed by atoms with Crippen LogP contribution >= 0.6 is 0 Å². The first-order chi connectivity index (χ1) is 9.10. The molecule has 8 heteroatoms. The van der Waals surface area contributed by atoms with Crippen LogP contribution in [0.15, 0.2) is 11.1 Å². The van der Waals surface area contributed by atoms with E-state index in [4.69, 9.17) is 10.5 Å². The van der Waals surface area contributed by atoms with Crippen molar-refractivity contribution in [1.82, 2.24) is 19.5 Å². The molecule has 0 spiro atoms. The Kier molecular flexibility index (Phi) is 2.76. The van der Waals surface area contributed by atoms with Crippen molar-refractivity contribution in [2.24, 2.45) is 0 Å². The molecule has 0 aromatic carbocycles. The summed E-state index contributed by atoms with van der Waals surface area (Å²) < 4.78 is 7.37. The highest BCUT2D eigenvalue weighted by atomic mass is 16.5. The van der Waals surface area contributed by atoms with Gasteiger partial charge in [0.05, 0.1) is 18.5 Å². The van der Waals surface area contributed by atoms with E-state index in [9.17, 15) is 9.90 Å². The molecule has 4 N–H and O–H groups in total.